The Bertz CT molecular complexity index is 456. The van der Waals surface area contributed by atoms with Gasteiger partial charge in [-0.3, -0.25) is 0 Å². The van der Waals surface area contributed by atoms with Crippen LogP contribution in [0.25, 0.3) is 0 Å². The maximum absolute atomic E-state index is 5.81. The summed E-state index contributed by atoms with van der Waals surface area (Å²) in [6.45, 7) is 2.15. The molecule has 0 aliphatic rings. The lowest BCUT2D eigenvalue weighted by molar-refractivity contribution is 0.248. The molecule has 0 N–H and O–H groups in total. The number of rotatable bonds is 3. The molecule has 0 fully saturated rings. The minimum atomic E-state index is 0.298. The zero-order chi connectivity index (χ0) is 10.7. The van der Waals surface area contributed by atoms with Crippen LogP contribution in [-0.2, 0) is 6.61 Å². The van der Waals surface area contributed by atoms with E-state index in [0.29, 0.717) is 23.3 Å². The lowest BCUT2D eigenvalue weighted by Gasteiger charge is -2.03. The Kier molecular flexibility index (Phi) is 2.87. The molecule has 0 unspecified atom stereocenters. The van der Waals surface area contributed by atoms with Gasteiger partial charge in [0.05, 0.1) is 5.69 Å². The number of hydrogen-bond acceptors (Lipinski definition) is 4. The van der Waals surface area contributed by atoms with Crippen molar-refractivity contribution in [2.75, 3.05) is 0 Å². The first-order valence-corrected chi connectivity index (χ1v) is 4.79. The van der Waals surface area contributed by atoms with Crippen LogP contribution in [0.4, 0.5) is 0 Å². The van der Waals surface area contributed by atoms with Crippen molar-refractivity contribution < 1.29 is 9.26 Å². The average molecular weight is 225 g/mol. The first-order chi connectivity index (χ1) is 7.25. The molecule has 0 radical (unpaired) electrons. The summed E-state index contributed by atoms with van der Waals surface area (Å²) in [5.41, 5.74) is 0.825. The van der Waals surface area contributed by atoms with Gasteiger partial charge in [-0.25, -0.2) is 4.98 Å². The second-order valence-electron chi connectivity index (χ2n) is 3.02. The van der Waals surface area contributed by atoms with Crippen LogP contribution in [0.15, 0.2) is 28.9 Å². The van der Waals surface area contributed by atoms with E-state index in [4.69, 9.17) is 20.9 Å². The van der Waals surface area contributed by atoms with E-state index in [2.05, 4.69) is 10.1 Å². The van der Waals surface area contributed by atoms with Crippen LogP contribution in [0.5, 0.6) is 5.75 Å². The summed E-state index contributed by atoms with van der Waals surface area (Å²) in [5, 5.41) is 4.09. The Balaban J connectivity index is 2.02. The van der Waals surface area contributed by atoms with E-state index in [-0.39, 0.29) is 0 Å². The third-order valence-corrected chi connectivity index (χ3v) is 2.06. The number of ether oxygens (including phenoxy) is 1. The van der Waals surface area contributed by atoms with Crippen LogP contribution in [-0.4, -0.2) is 10.1 Å². The van der Waals surface area contributed by atoms with Crippen molar-refractivity contribution in [2.24, 2.45) is 0 Å². The van der Waals surface area contributed by atoms with Gasteiger partial charge in [-0.15, -0.1) is 0 Å². The molecule has 0 atom stereocenters. The molecule has 0 aliphatic heterocycles. The molecule has 0 bridgehead atoms. The third kappa shape index (κ3) is 2.47. The quantitative estimate of drug-likeness (QED) is 0.752. The number of nitrogens with zero attached hydrogens (tertiary/aromatic N) is 2. The highest BCUT2D eigenvalue weighted by Crippen LogP contribution is 2.21. The number of aryl methyl sites for hydroxylation is 1. The molecule has 2 heterocycles. The highest BCUT2D eigenvalue weighted by atomic mass is 35.5. The summed E-state index contributed by atoms with van der Waals surface area (Å²) in [5.74, 6) is 1.20. The molecular weight excluding hydrogens is 216 g/mol. The zero-order valence-corrected chi connectivity index (χ0v) is 8.86. The molecule has 0 aliphatic carbocycles. The zero-order valence-electron chi connectivity index (χ0n) is 8.11. The van der Waals surface area contributed by atoms with E-state index >= 15 is 0 Å². The first-order valence-electron chi connectivity index (χ1n) is 4.41. The van der Waals surface area contributed by atoms with Gasteiger partial charge in [0.1, 0.15) is 6.61 Å². The lowest BCUT2D eigenvalue weighted by Crippen LogP contribution is -1.94. The van der Waals surface area contributed by atoms with E-state index in [0.717, 1.165) is 5.69 Å². The topological polar surface area (TPSA) is 48.2 Å². The average Bonchev–Trinajstić information content (AvgIpc) is 2.63. The third-order valence-electron chi connectivity index (χ3n) is 1.77. The number of pyridine rings is 1. The molecule has 5 heteroatoms. The van der Waals surface area contributed by atoms with Crippen LogP contribution < -0.4 is 4.74 Å². The summed E-state index contributed by atoms with van der Waals surface area (Å²) >= 11 is 5.81. The van der Waals surface area contributed by atoms with E-state index in [1.807, 2.05) is 13.0 Å². The molecule has 0 amide bonds. The molecule has 0 aromatic carbocycles. The van der Waals surface area contributed by atoms with Crippen LogP contribution in [0.1, 0.15) is 11.5 Å². The van der Waals surface area contributed by atoms with Crippen LogP contribution in [0.3, 0.4) is 0 Å². The van der Waals surface area contributed by atoms with E-state index in [1.54, 1.807) is 18.3 Å². The summed E-state index contributed by atoms with van der Waals surface area (Å²) in [7, 11) is 0. The smallest absolute Gasteiger partial charge is 0.174 e. The summed E-state index contributed by atoms with van der Waals surface area (Å²) in [6, 6.07) is 5.32. The van der Waals surface area contributed by atoms with Gasteiger partial charge >= 0.3 is 0 Å². The fourth-order valence-electron chi connectivity index (χ4n) is 1.11. The summed E-state index contributed by atoms with van der Waals surface area (Å²) < 4.78 is 10.4. The van der Waals surface area contributed by atoms with Crippen molar-refractivity contribution in [1.82, 2.24) is 10.1 Å². The minimum absolute atomic E-state index is 0.298. The molecule has 2 aromatic heterocycles. The Morgan fingerprint density at radius 1 is 1.53 bits per heavy atom. The fraction of sp³-hybridized carbons (Fsp3) is 0.200. The second kappa shape index (κ2) is 4.31. The van der Waals surface area contributed by atoms with Crippen molar-refractivity contribution in [3.8, 4) is 5.75 Å². The number of hydrogen-bond donors (Lipinski definition) is 0. The molecule has 0 saturated carbocycles. The van der Waals surface area contributed by atoms with Gasteiger partial charge in [-0.2, -0.15) is 0 Å². The van der Waals surface area contributed by atoms with Gasteiger partial charge in [-0.1, -0.05) is 16.8 Å². The van der Waals surface area contributed by atoms with Gasteiger partial charge in [0.15, 0.2) is 16.7 Å². The molecule has 0 saturated heterocycles. The van der Waals surface area contributed by atoms with E-state index < -0.39 is 0 Å². The van der Waals surface area contributed by atoms with Crippen molar-refractivity contribution >= 4 is 11.6 Å². The van der Waals surface area contributed by atoms with Gasteiger partial charge < -0.3 is 9.26 Å². The van der Waals surface area contributed by atoms with Gasteiger partial charge in [0.2, 0.25) is 0 Å². The lowest BCUT2D eigenvalue weighted by atomic mass is 10.4. The molecule has 15 heavy (non-hydrogen) atoms. The first kappa shape index (κ1) is 9.98. The number of halogens is 1. The van der Waals surface area contributed by atoms with Crippen molar-refractivity contribution in [1.29, 1.82) is 0 Å². The Hall–Kier alpha value is -1.55. The Labute approximate surface area is 91.8 Å². The van der Waals surface area contributed by atoms with Crippen LogP contribution in [0.2, 0.25) is 5.15 Å². The van der Waals surface area contributed by atoms with Gasteiger partial charge in [0, 0.05) is 12.3 Å². The van der Waals surface area contributed by atoms with Crippen molar-refractivity contribution in [3.63, 3.8) is 0 Å². The highest BCUT2D eigenvalue weighted by molar-refractivity contribution is 6.30. The van der Waals surface area contributed by atoms with Crippen LogP contribution in [0, 0.1) is 6.92 Å². The van der Waals surface area contributed by atoms with E-state index in [1.165, 1.54) is 0 Å². The van der Waals surface area contributed by atoms with Gasteiger partial charge in [-0.05, 0) is 19.1 Å². The second-order valence-corrected chi connectivity index (χ2v) is 3.37. The van der Waals surface area contributed by atoms with E-state index in [9.17, 15) is 0 Å². The van der Waals surface area contributed by atoms with Crippen molar-refractivity contribution in [3.05, 3.63) is 41.0 Å². The fourth-order valence-corrected chi connectivity index (χ4v) is 1.29. The predicted molar refractivity (Wildman–Crippen MR) is 54.8 cm³/mol. The number of aromatic nitrogens is 2. The molecule has 4 nitrogen and oxygen atoms in total. The maximum Gasteiger partial charge on any atom is 0.174 e. The highest BCUT2D eigenvalue weighted by Gasteiger charge is 2.04. The minimum Gasteiger partial charge on any atom is -0.482 e. The predicted octanol–water partition coefficient (Wildman–Crippen LogP) is 2.61. The molecule has 78 valence electrons. The van der Waals surface area contributed by atoms with Crippen molar-refractivity contribution in [2.45, 2.75) is 13.5 Å². The largest absolute Gasteiger partial charge is 0.482 e. The summed E-state index contributed by atoms with van der Waals surface area (Å²) in [6.07, 6.45) is 1.60. The summed E-state index contributed by atoms with van der Waals surface area (Å²) in [4.78, 5) is 3.89. The normalized spacial score (nSPS) is 10.3. The van der Waals surface area contributed by atoms with Gasteiger partial charge in [0.25, 0.3) is 0 Å². The van der Waals surface area contributed by atoms with Crippen LogP contribution >= 0.6 is 11.6 Å². The Morgan fingerprint density at radius 2 is 2.40 bits per heavy atom. The molecule has 2 rings (SSSR count). The SMILES string of the molecule is Cc1cc(COc2cccnc2Cl)on1. The standard InChI is InChI=1S/C10H9ClN2O2/c1-7-5-8(15-13-7)6-14-9-3-2-4-12-10(9)11/h2-5H,6H2,1H3. The molecular formula is C10H9ClN2O2. The Morgan fingerprint density at radius 3 is 3.07 bits per heavy atom. The molecule has 2 aromatic rings. The molecule has 0 spiro atoms. The monoisotopic (exact) mass is 224 g/mol. The maximum atomic E-state index is 5.81.